The Kier molecular flexibility index (Phi) is 6.49. The van der Waals surface area contributed by atoms with Crippen LogP contribution in [0.15, 0.2) is 0 Å². The van der Waals surface area contributed by atoms with Crippen molar-refractivity contribution in [1.82, 2.24) is 0 Å². The number of hydrogen-bond acceptors (Lipinski definition) is 2. The largest absolute Gasteiger partial charge is 0.479 e. The monoisotopic (exact) mass is 192 g/mol. The number of carboxylic acids is 1. The molecule has 0 heterocycles. The van der Waals surface area contributed by atoms with E-state index in [4.69, 9.17) is 9.84 Å². The van der Waals surface area contributed by atoms with Gasteiger partial charge in [0.05, 0.1) is 6.61 Å². The van der Waals surface area contributed by atoms with Gasteiger partial charge >= 0.3 is 5.97 Å². The number of halogens is 1. The molecule has 1 atom stereocenters. The summed E-state index contributed by atoms with van der Waals surface area (Å²) < 4.78 is 16.5. The van der Waals surface area contributed by atoms with E-state index in [-0.39, 0.29) is 6.61 Å². The van der Waals surface area contributed by atoms with Gasteiger partial charge in [-0.05, 0) is 18.8 Å². The van der Waals surface area contributed by atoms with E-state index in [9.17, 15) is 9.18 Å². The topological polar surface area (TPSA) is 46.5 Å². The molecule has 0 bridgehead atoms. The summed E-state index contributed by atoms with van der Waals surface area (Å²) in [6.45, 7) is 3.25. The van der Waals surface area contributed by atoms with E-state index in [1.54, 1.807) is 0 Å². The standard InChI is InChI=1S/C9H17FO3/c1-7(2)3-4-8(9(11)12)13-6-5-10/h7-8H,3-6H2,1-2H3,(H,11,12). The fourth-order valence-electron chi connectivity index (χ4n) is 0.950. The van der Waals surface area contributed by atoms with E-state index in [0.29, 0.717) is 12.3 Å². The maximum atomic E-state index is 11.7. The summed E-state index contributed by atoms with van der Waals surface area (Å²) in [7, 11) is 0. The lowest BCUT2D eigenvalue weighted by Gasteiger charge is -2.13. The van der Waals surface area contributed by atoms with E-state index < -0.39 is 18.7 Å². The Labute approximate surface area is 77.9 Å². The Morgan fingerprint density at radius 3 is 2.46 bits per heavy atom. The van der Waals surface area contributed by atoms with Crippen LogP contribution < -0.4 is 0 Å². The first kappa shape index (κ1) is 12.4. The van der Waals surface area contributed by atoms with Gasteiger partial charge < -0.3 is 9.84 Å². The average Bonchev–Trinajstić information content (AvgIpc) is 2.03. The Balaban J connectivity index is 3.74. The van der Waals surface area contributed by atoms with Crippen LogP contribution in [-0.4, -0.2) is 30.5 Å². The molecule has 0 aromatic carbocycles. The van der Waals surface area contributed by atoms with Crippen LogP contribution in [0.4, 0.5) is 4.39 Å². The minimum Gasteiger partial charge on any atom is -0.479 e. The van der Waals surface area contributed by atoms with Crippen molar-refractivity contribution in [2.24, 2.45) is 5.92 Å². The van der Waals surface area contributed by atoms with Gasteiger partial charge in [-0.3, -0.25) is 0 Å². The molecule has 3 nitrogen and oxygen atoms in total. The minimum absolute atomic E-state index is 0.130. The second-order valence-corrected chi connectivity index (χ2v) is 3.36. The highest BCUT2D eigenvalue weighted by Crippen LogP contribution is 2.09. The van der Waals surface area contributed by atoms with Crippen LogP contribution in [0.2, 0.25) is 0 Å². The molecular weight excluding hydrogens is 175 g/mol. The lowest BCUT2D eigenvalue weighted by molar-refractivity contribution is -0.151. The first-order valence-corrected chi connectivity index (χ1v) is 4.48. The third kappa shape index (κ3) is 6.51. The van der Waals surface area contributed by atoms with E-state index in [1.165, 1.54) is 0 Å². The number of aliphatic carboxylic acids is 1. The van der Waals surface area contributed by atoms with Crippen molar-refractivity contribution in [2.45, 2.75) is 32.8 Å². The van der Waals surface area contributed by atoms with Crippen LogP contribution in [0.25, 0.3) is 0 Å². The molecular formula is C9H17FO3. The quantitative estimate of drug-likeness (QED) is 0.669. The molecule has 0 radical (unpaired) electrons. The van der Waals surface area contributed by atoms with E-state index in [2.05, 4.69) is 0 Å². The molecule has 0 saturated heterocycles. The molecule has 0 aliphatic carbocycles. The van der Waals surface area contributed by atoms with E-state index in [0.717, 1.165) is 6.42 Å². The fraction of sp³-hybridized carbons (Fsp3) is 0.889. The maximum Gasteiger partial charge on any atom is 0.332 e. The second kappa shape index (κ2) is 6.83. The van der Waals surface area contributed by atoms with Crippen molar-refractivity contribution in [1.29, 1.82) is 0 Å². The summed E-state index contributed by atoms with van der Waals surface area (Å²) in [5.41, 5.74) is 0. The number of carbonyl (C=O) groups is 1. The van der Waals surface area contributed by atoms with Gasteiger partial charge in [0.25, 0.3) is 0 Å². The maximum absolute atomic E-state index is 11.7. The Hall–Kier alpha value is -0.640. The van der Waals surface area contributed by atoms with E-state index in [1.807, 2.05) is 13.8 Å². The van der Waals surface area contributed by atoms with Crippen LogP contribution in [0.1, 0.15) is 26.7 Å². The normalized spacial score (nSPS) is 13.2. The van der Waals surface area contributed by atoms with Crippen molar-refractivity contribution in [2.75, 3.05) is 13.3 Å². The first-order valence-electron chi connectivity index (χ1n) is 4.48. The molecule has 0 fully saturated rings. The third-order valence-corrected chi connectivity index (χ3v) is 1.68. The molecule has 0 saturated carbocycles. The molecule has 4 heteroatoms. The van der Waals surface area contributed by atoms with Crippen molar-refractivity contribution in [3.63, 3.8) is 0 Å². The minimum atomic E-state index is -1.01. The summed E-state index contributed by atoms with van der Waals surface area (Å²) in [5.74, 6) is -0.565. The smallest absolute Gasteiger partial charge is 0.332 e. The zero-order chi connectivity index (χ0) is 10.3. The van der Waals surface area contributed by atoms with Crippen molar-refractivity contribution in [3.8, 4) is 0 Å². The number of rotatable bonds is 7. The molecule has 13 heavy (non-hydrogen) atoms. The molecule has 0 aromatic rings. The lowest BCUT2D eigenvalue weighted by Crippen LogP contribution is -2.25. The Morgan fingerprint density at radius 1 is 1.46 bits per heavy atom. The zero-order valence-electron chi connectivity index (χ0n) is 8.12. The summed E-state index contributed by atoms with van der Waals surface area (Å²) in [6.07, 6.45) is 0.383. The van der Waals surface area contributed by atoms with Crippen LogP contribution in [0, 0.1) is 5.92 Å². The average molecular weight is 192 g/mol. The number of ether oxygens (including phenoxy) is 1. The van der Waals surface area contributed by atoms with Crippen molar-refractivity contribution < 1.29 is 19.0 Å². The van der Waals surface area contributed by atoms with Crippen LogP contribution >= 0.6 is 0 Å². The molecule has 0 aromatic heterocycles. The van der Waals surface area contributed by atoms with Gasteiger partial charge in [-0.25, -0.2) is 9.18 Å². The first-order chi connectivity index (χ1) is 6.07. The van der Waals surface area contributed by atoms with Gasteiger partial charge in [0, 0.05) is 0 Å². The highest BCUT2D eigenvalue weighted by molar-refractivity contribution is 5.72. The third-order valence-electron chi connectivity index (χ3n) is 1.68. The van der Waals surface area contributed by atoms with Gasteiger partial charge in [-0.15, -0.1) is 0 Å². The summed E-state index contributed by atoms with van der Waals surface area (Å²) in [4.78, 5) is 10.6. The summed E-state index contributed by atoms with van der Waals surface area (Å²) >= 11 is 0. The molecule has 0 spiro atoms. The highest BCUT2D eigenvalue weighted by atomic mass is 19.1. The SMILES string of the molecule is CC(C)CCC(OCCF)C(=O)O. The molecule has 1 N–H and O–H groups in total. The van der Waals surface area contributed by atoms with E-state index >= 15 is 0 Å². The number of alkyl halides is 1. The van der Waals surface area contributed by atoms with Gasteiger partial charge in [-0.2, -0.15) is 0 Å². The van der Waals surface area contributed by atoms with Gasteiger partial charge in [-0.1, -0.05) is 13.8 Å². The molecule has 78 valence electrons. The summed E-state index contributed by atoms with van der Waals surface area (Å²) in [5, 5.41) is 8.67. The van der Waals surface area contributed by atoms with Crippen molar-refractivity contribution in [3.05, 3.63) is 0 Å². The Morgan fingerprint density at radius 2 is 2.08 bits per heavy atom. The number of hydrogen-bond donors (Lipinski definition) is 1. The predicted octanol–water partition coefficient (Wildman–Crippen LogP) is 1.86. The Bertz CT molecular complexity index is 148. The molecule has 1 unspecified atom stereocenters. The summed E-state index contributed by atoms with van der Waals surface area (Å²) in [6, 6.07) is 0. The second-order valence-electron chi connectivity index (χ2n) is 3.36. The molecule has 0 aliphatic heterocycles. The predicted molar refractivity (Wildman–Crippen MR) is 47.4 cm³/mol. The van der Waals surface area contributed by atoms with Crippen LogP contribution in [0.5, 0.6) is 0 Å². The molecule has 0 amide bonds. The number of carboxylic acid groups (broad SMARTS) is 1. The van der Waals surface area contributed by atoms with Crippen molar-refractivity contribution >= 4 is 5.97 Å². The van der Waals surface area contributed by atoms with Crippen LogP contribution in [-0.2, 0) is 9.53 Å². The zero-order valence-corrected chi connectivity index (χ0v) is 8.12. The van der Waals surface area contributed by atoms with Gasteiger partial charge in [0.15, 0.2) is 6.10 Å². The highest BCUT2D eigenvalue weighted by Gasteiger charge is 2.17. The van der Waals surface area contributed by atoms with Gasteiger partial charge in [0.1, 0.15) is 6.67 Å². The molecule has 0 rings (SSSR count). The fourth-order valence-corrected chi connectivity index (χ4v) is 0.950. The van der Waals surface area contributed by atoms with Crippen LogP contribution in [0.3, 0.4) is 0 Å². The lowest BCUT2D eigenvalue weighted by atomic mass is 10.1. The van der Waals surface area contributed by atoms with Gasteiger partial charge in [0.2, 0.25) is 0 Å². The molecule has 0 aliphatic rings.